The lowest BCUT2D eigenvalue weighted by Crippen LogP contribution is -2.60. The Morgan fingerprint density at radius 2 is 1.85 bits per heavy atom. The molecule has 6 heteroatoms. The molecule has 4 fully saturated rings. The number of nitrogens with zero attached hydrogens (tertiary/aromatic N) is 4. The van der Waals surface area contributed by atoms with Gasteiger partial charge >= 0.3 is 0 Å². The van der Waals surface area contributed by atoms with Crippen molar-refractivity contribution >= 4 is 11.6 Å². The summed E-state index contributed by atoms with van der Waals surface area (Å²) in [5.41, 5.74) is 2.92. The molecule has 6 rings (SSSR count). The Bertz CT molecular complexity index is 903. The number of carbonyl (C=O) groups is 1. The Kier molecular flexibility index (Phi) is 3.52. The van der Waals surface area contributed by atoms with Crippen molar-refractivity contribution in [2.45, 2.75) is 64.8 Å². The van der Waals surface area contributed by atoms with Gasteiger partial charge in [-0.25, -0.2) is 0 Å². The number of anilines is 1. The SMILES string of the molecule is Cc1nnn(C23C[C@H]4C[C@@H](CC(C(=O)Nc5ccc(C)c(C)c5)(C4)C2)C3)n1. The van der Waals surface area contributed by atoms with E-state index < -0.39 is 0 Å². The van der Waals surface area contributed by atoms with E-state index in [0.29, 0.717) is 17.7 Å². The molecule has 1 aromatic carbocycles. The average Bonchev–Trinajstić information content (AvgIpc) is 3.04. The van der Waals surface area contributed by atoms with Crippen LogP contribution in [0.15, 0.2) is 18.2 Å². The van der Waals surface area contributed by atoms with Gasteiger partial charge < -0.3 is 5.32 Å². The van der Waals surface area contributed by atoms with E-state index >= 15 is 0 Å². The molecule has 4 aliphatic rings. The number of carbonyl (C=O) groups excluding carboxylic acids is 1. The maximum Gasteiger partial charge on any atom is 0.230 e. The summed E-state index contributed by atoms with van der Waals surface area (Å²) in [7, 11) is 0. The first-order valence-corrected chi connectivity index (χ1v) is 10.0. The molecule has 1 N–H and O–H groups in total. The molecule has 4 aliphatic carbocycles. The van der Waals surface area contributed by atoms with E-state index in [-0.39, 0.29) is 16.9 Å². The van der Waals surface area contributed by atoms with Crippen molar-refractivity contribution in [3.63, 3.8) is 0 Å². The van der Waals surface area contributed by atoms with Gasteiger partial charge in [0, 0.05) is 5.69 Å². The van der Waals surface area contributed by atoms with Gasteiger partial charge in [0.1, 0.15) is 0 Å². The fourth-order valence-corrected chi connectivity index (χ4v) is 6.28. The highest BCUT2D eigenvalue weighted by Gasteiger charge is 2.62. The molecule has 0 radical (unpaired) electrons. The van der Waals surface area contributed by atoms with Crippen molar-refractivity contribution in [2.24, 2.45) is 17.3 Å². The maximum absolute atomic E-state index is 13.5. The summed E-state index contributed by atoms with van der Waals surface area (Å²) in [5, 5.41) is 16.2. The zero-order valence-electron chi connectivity index (χ0n) is 16.3. The molecule has 1 amide bonds. The van der Waals surface area contributed by atoms with Crippen molar-refractivity contribution in [2.75, 3.05) is 5.32 Å². The molecule has 0 aliphatic heterocycles. The average molecular weight is 365 g/mol. The molecule has 4 bridgehead atoms. The Hall–Kier alpha value is -2.24. The first-order chi connectivity index (χ1) is 12.9. The second kappa shape index (κ2) is 5.63. The van der Waals surface area contributed by atoms with Gasteiger partial charge in [-0.2, -0.15) is 4.80 Å². The lowest BCUT2D eigenvalue weighted by atomic mass is 9.46. The first kappa shape index (κ1) is 16.9. The van der Waals surface area contributed by atoms with Gasteiger partial charge in [-0.3, -0.25) is 4.79 Å². The molecule has 4 saturated carbocycles. The second-order valence-corrected chi connectivity index (χ2v) is 9.34. The molecule has 1 aromatic heterocycles. The minimum atomic E-state index is -0.301. The predicted molar refractivity (Wildman–Crippen MR) is 102 cm³/mol. The Morgan fingerprint density at radius 1 is 1.11 bits per heavy atom. The van der Waals surface area contributed by atoms with E-state index in [9.17, 15) is 4.79 Å². The van der Waals surface area contributed by atoms with Crippen LogP contribution in [0, 0.1) is 38.0 Å². The van der Waals surface area contributed by atoms with Crippen molar-refractivity contribution in [1.29, 1.82) is 0 Å². The molecule has 2 atom stereocenters. The Labute approximate surface area is 159 Å². The molecule has 6 nitrogen and oxygen atoms in total. The van der Waals surface area contributed by atoms with Crippen LogP contribution in [0.1, 0.15) is 55.5 Å². The number of hydrogen-bond acceptors (Lipinski definition) is 4. The van der Waals surface area contributed by atoms with Gasteiger partial charge in [0.2, 0.25) is 5.91 Å². The Balaban J connectivity index is 1.46. The molecule has 142 valence electrons. The number of nitrogens with one attached hydrogen (secondary N) is 1. The van der Waals surface area contributed by atoms with Gasteiger partial charge in [-0.1, -0.05) is 6.07 Å². The third-order valence-corrected chi connectivity index (χ3v) is 7.21. The van der Waals surface area contributed by atoms with Crippen molar-refractivity contribution in [1.82, 2.24) is 20.2 Å². The number of benzene rings is 1. The topological polar surface area (TPSA) is 72.7 Å². The molecule has 27 heavy (non-hydrogen) atoms. The molecular formula is C21H27N5O. The summed E-state index contributed by atoms with van der Waals surface area (Å²) < 4.78 is 0. The number of rotatable bonds is 3. The van der Waals surface area contributed by atoms with Crippen LogP contribution >= 0.6 is 0 Å². The minimum absolute atomic E-state index is 0.133. The molecule has 0 saturated heterocycles. The van der Waals surface area contributed by atoms with E-state index in [1.165, 1.54) is 17.5 Å². The monoisotopic (exact) mass is 365 g/mol. The van der Waals surface area contributed by atoms with Crippen LogP contribution in [-0.4, -0.2) is 26.1 Å². The van der Waals surface area contributed by atoms with Crippen LogP contribution in [0.5, 0.6) is 0 Å². The van der Waals surface area contributed by atoms with Gasteiger partial charge in [0.15, 0.2) is 5.82 Å². The van der Waals surface area contributed by atoms with E-state index in [0.717, 1.165) is 37.8 Å². The summed E-state index contributed by atoms with van der Waals surface area (Å²) in [4.78, 5) is 15.3. The third-order valence-electron chi connectivity index (χ3n) is 7.21. The maximum atomic E-state index is 13.5. The molecule has 1 heterocycles. The van der Waals surface area contributed by atoms with E-state index in [2.05, 4.69) is 46.7 Å². The van der Waals surface area contributed by atoms with Gasteiger partial charge in [-0.15, -0.1) is 10.2 Å². The zero-order valence-corrected chi connectivity index (χ0v) is 16.3. The number of tetrazole rings is 1. The van der Waals surface area contributed by atoms with E-state index in [4.69, 9.17) is 0 Å². The fourth-order valence-electron chi connectivity index (χ4n) is 6.28. The molecular weight excluding hydrogens is 338 g/mol. The lowest BCUT2D eigenvalue weighted by molar-refractivity contribution is -0.152. The number of aryl methyl sites for hydroxylation is 3. The summed E-state index contributed by atoms with van der Waals surface area (Å²) in [5.74, 6) is 2.06. The van der Waals surface area contributed by atoms with Crippen LogP contribution < -0.4 is 5.32 Å². The highest BCUT2D eigenvalue weighted by atomic mass is 16.2. The minimum Gasteiger partial charge on any atom is -0.326 e. The molecule has 2 aromatic rings. The third kappa shape index (κ3) is 2.60. The highest BCUT2D eigenvalue weighted by Crippen LogP contribution is 2.64. The van der Waals surface area contributed by atoms with Crippen LogP contribution in [0.3, 0.4) is 0 Å². The van der Waals surface area contributed by atoms with Gasteiger partial charge in [0.25, 0.3) is 0 Å². The van der Waals surface area contributed by atoms with Crippen molar-refractivity contribution in [3.05, 3.63) is 35.2 Å². The number of hydrogen-bond donors (Lipinski definition) is 1. The van der Waals surface area contributed by atoms with Crippen LogP contribution in [0.2, 0.25) is 0 Å². The number of aromatic nitrogens is 4. The second-order valence-electron chi connectivity index (χ2n) is 9.34. The summed E-state index contributed by atoms with van der Waals surface area (Å²) >= 11 is 0. The van der Waals surface area contributed by atoms with Crippen LogP contribution in [0.25, 0.3) is 0 Å². The van der Waals surface area contributed by atoms with Crippen molar-refractivity contribution < 1.29 is 4.79 Å². The van der Waals surface area contributed by atoms with E-state index in [1.54, 1.807) is 0 Å². The zero-order chi connectivity index (χ0) is 18.8. The van der Waals surface area contributed by atoms with Crippen LogP contribution in [0.4, 0.5) is 5.69 Å². The largest absolute Gasteiger partial charge is 0.326 e. The lowest BCUT2D eigenvalue weighted by Gasteiger charge is -2.60. The molecule has 0 unspecified atom stereocenters. The quantitative estimate of drug-likeness (QED) is 0.903. The fraction of sp³-hybridized carbons (Fsp3) is 0.619. The summed E-state index contributed by atoms with van der Waals surface area (Å²) in [6, 6.07) is 6.17. The van der Waals surface area contributed by atoms with Crippen molar-refractivity contribution in [3.8, 4) is 0 Å². The Morgan fingerprint density at radius 3 is 2.48 bits per heavy atom. The smallest absolute Gasteiger partial charge is 0.230 e. The summed E-state index contributed by atoms with van der Waals surface area (Å²) in [6.45, 7) is 6.06. The van der Waals surface area contributed by atoms with E-state index in [1.807, 2.05) is 17.8 Å². The van der Waals surface area contributed by atoms with Crippen LogP contribution in [-0.2, 0) is 10.3 Å². The normalized spacial score (nSPS) is 34.0. The number of amides is 1. The standard InChI is InChI=1S/C21H27N5O/c1-13-4-5-18(6-14(13)2)22-19(27)20-8-16-7-17(9-20)11-21(10-16,12-20)26-24-15(3)23-25-26/h4-6,16-17H,7-12H2,1-3H3,(H,22,27)/t16-,17-,20?,21?/m0/s1. The summed E-state index contributed by atoms with van der Waals surface area (Å²) in [6.07, 6.45) is 6.23. The molecule has 0 spiro atoms. The highest BCUT2D eigenvalue weighted by molar-refractivity contribution is 5.95. The van der Waals surface area contributed by atoms with Gasteiger partial charge in [-0.05, 0) is 99.6 Å². The predicted octanol–water partition coefficient (Wildman–Crippen LogP) is 3.53. The first-order valence-electron chi connectivity index (χ1n) is 10.0. The van der Waals surface area contributed by atoms with Gasteiger partial charge in [0.05, 0.1) is 11.0 Å².